The maximum Gasteiger partial charge on any atom is 0.0465 e. The lowest BCUT2D eigenvalue weighted by Gasteiger charge is -2.36. The van der Waals surface area contributed by atoms with Crippen LogP contribution in [0.4, 0.5) is 0 Å². The highest BCUT2D eigenvalue weighted by atomic mass is 16.3. The van der Waals surface area contributed by atoms with Crippen molar-refractivity contribution in [1.82, 2.24) is 0 Å². The number of aliphatic hydroxyl groups is 1. The van der Waals surface area contributed by atoms with Crippen LogP contribution in [0.5, 0.6) is 0 Å². The van der Waals surface area contributed by atoms with Crippen LogP contribution in [0.1, 0.15) is 19.3 Å². The van der Waals surface area contributed by atoms with E-state index < -0.39 is 0 Å². The maximum atomic E-state index is 8.98. The lowest BCUT2D eigenvalue weighted by Crippen LogP contribution is -2.29. The Hall–Kier alpha value is -0.300. The Labute approximate surface area is 61.8 Å². The van der Waals surface area contributed by atoms with Gasteiger partial charge >= 0.3 is 0 Å². The molecule has 1 fully saturated rings. The second-order valence-corrected chi connectivity index (χ2v) is 3.56. The molecule has 1 saturated carbocycles. The highest BCUT2D eigenvalue weighted by molar-refractivity contribution is 5.05. The van der Waals surface area contributed by atoms with E-state index >= 15 is 0 Å². The van der Waals surface area contributed by atoms with Crippen LogP contribution in [0.25, 0.3) is 0 Å². The van der Waals surface area contributed by atoms with E-state index in [2.05, 4.69) is 12.2 Å². The molecule has 3 rings (SSSR count). The lowest BCUT2D eigenvalue weighted by molar-refractivity contribution is 0.129. The van der Waals surface area contributed by atoms with Crippen molar-refractivity contribution in [1.29, 1.82) is 0 Å². The normalized spacial score (nSPS) is 44.3. The largest absolute Gasteiger partial charge is 0.396 e. The Balaban J connectivity index is 2.11. The second kappa shape index (κ2) is 2.39. The first kappa shape index (κ1) is 6.41. The summed E-state index contributed by atoms with van der Waals surface area (Å²) in [6.07, 6.45) is 8.54. The lowest BCUT2D eigenvalue weighted by atomic mass is 9.69. The van der Waals surface area contributed by atoms with Crippen LogP contribution < -0.4 is 0 Å². The standard InChI is InChI=1S/C9H14O/c10-6-9-5-7-1-3-8(9)4-2-7/h1,3,7-10H,2,4-6H2/t7-,8-,9-/m0/s1. The zero-order chi connectivity index (χ0) is 6.97. The zero-order valence-corrected chi connectivity index (χ0v) is 6.16. The second-order valence-electron chi connectivity index (χ2n) is 3.56. The quantitative estimate of drug-likeness (QED) is 0.545. The molecule has 1 N–H and O–H groups in total. The molecule has 56 valence electrons. The molecular formula is C9H14O. The number of allylic oxidation sites excluding steroid dienone is 2. The van der Waals surface area contributed by atoms with Crippen LogP contribution in [-0.2, 0) is 0 Å². The predicted octanol–water partition coefficient (Wildman–Crippen LogP) is 1.58. The summed E-state index contributed by atoms with van der Waals surface area (Å²) in [7, 11) is 0. The molecule has 3 atom stereocenters. The van der Waals surface area contributed by atoms with Gasteiger partial charge in [0, 0.05) is 6.61 Å². The third kappa shape index (κ3) is 0.891. The Bertz CT molecular complexity index is 151. The summed E-state index contributed by atoms with van der Waals surface area (Å²) in [6, 6.07) is 0. The van der Waals surface area contributed by atoms with Crippen LogP contribution in [0.3, 0.4) is 0 Å². The highest BCUT2D eigenvalue weighted by Gasteiger charge is 2.30. The first-order valence-corrected chi connectivity index (χ1v) is 4.19. The zero-order valence-electron chi connectivity index (χ0n) is 6.16. The van der Waals surface area contributed by atoms with Crippen molar-refractivity contribution in [3.05, 3.63) is 12.2 Å². The molecule has 3 aliphatic carbocycles. The molecule has 0 radical (unpaired) electrons. The molecule has 10 heavy (non-hydrogen) atoms. The Morgan fingerprint density at radius 3 is 2.50 bits per heavy atom. The van der Waals surface area contributed by atoms with Crippen molar-refractivity contribution in [3.63, 3.8) is 0 Å². The van der Waals surface area contributed by atoms with E-state index in [9.17, 15) is 0 Å². The average molecular weight is 138 g/mol. The smallest absolute Gasteiger partial charge is 0.0465 e. The number of rotatable bonds is 1. The first-order valence-electron chi connectivity index (χ1n) is 4.19. The summed E-state index contributed by atoms with van der Waals surface area (Å²) in [5.74, 6) is 2.08. The molecule has 1 nitrogen and oxygen atoms in total. The third-order valence-corrected chi connectivity index (χ3v) is 2.95. The Morgan fingerprint density at radius 1 is 1.30 bits per heavy atom. The molecule has 1 heteroatoms. The maximum absolute atomic E-state index is 8.98. The molecule has 0 amide bonds. The van der Waals surface area contributed by atoms with E-state index in [1.807, 2.05) is 0 Å². The van der Waals surface area contributed by atoms with E-state index in [1.54, 1.807) is 0 Å². The van der Waals surface area contributed by atoms with Crippen molar-refractivity contribution in [3.8, 4) is 0 Å². The van der Waals surface area contributed by atoms with Crippen molar-refractivity contribution in [2.45, 2.75) is 19.3 Å². The van der Waals surface area contributed by atoms with E-state index in [0.717, 1.165) is 5.92 Å². The van der Waals surface area contributed by atoms with Crippen molar-refractivity contribution >= 4 is 0 Å². The highest BCUT2D eigenvalue weighted by Crippen LogP contribution is 2.39. The third-order valence-electron chi connectivity index (χ3n) is 2.95. The molecule has 0 spiro atoms. The van der Waals surface area contributed by atoms with Gasteiger partial charge in [0.1, 0.15) is 0 Å². The molecule has 0 aromatic rings. The SMILES string of the molecule is OC[C@@H]1C[C@H]2C=C[C@H]1CC2. The van der Waals surface area contributed by atoms with E-state index in [-0.39, 0.29) is 0 Å². The minimum Gasteiger partial charge on any atom is -0.396 e. The van der Waals surface area contributed by atoms with Gasteiger partial charge in [0.15, 0.2) is 0 Å². The fourth-order valence-corrected chi connectivity index (χ4v) is 2.26. The summed E-state index contributed by atoms with van der Waals surface area (Å²) >= 11 is 0. The summed E-state index contributed by atoms with van der Waals surface area (Å²) in [4.78, 5) is 0. The molecule has 3 aliphatic rings. The Kier molecular flexibility index (Phi) is 1.53. The van der Waals surface area contributed by atoms with Gasteiger partial charge in [-0.3, -0.25) is 0 Å². The number of hydrogen-bond acceptors (Lipinski definition) is 1. The summed E-state index contributed by atoms with van der Waals surface area (Å²) < 4.78 is 0. The summed E-state index contributed by atoms with van der Waals surface area (Å²) in [5.41, 5.74) is 0. The Morgan fingerprint density at radius 2 is 2.20 bits per heavy atom. The van der Waals surface area contributed by atoms with Gasteiger partial charge in [0.25, 0.3) is 0 Å². The number of aliphatic hydroxyl groups excluding tert-OH is 1. The van der Waals surface area contributed by atoms with E-state index in [1.165, 1.54) is 19.3 Å². The molecule has 0 aliphatic heterocycles. The van der Waals surface area contributed by atoms with Gasteiger partial charge in [-0.15, -0.1) is 0 Å². The van der Waals surface area contributed by atoms with Gasteiger partial charge in [-0.05, 0) is 37.0 Å². The van der Waals surface area contributed by atoms with Crippen molar-refractivity contribution in [2.24, 2.45) is 17.8 Å². The van der Waals surface area contributed by atoms with Crippen molar-refractivity contribution in [2.75, 3.05) is 6.61 Å². The van der Waals surface area contributed by atoms with Crippen molar-refractivity contribution < 1.29 is 5.11 Å². The molecule has 0 unspecified atom stereocenters. The van der Waals surface area contributed by atoms with Crippen LogP contribution in [0.15, 0.2) is 12.2 Å². The average Bonchev–Trinajstić information content (AvgIpc) is 2.06. The van der Waals surface area contributed by atoms with Gasteiger partial charge in [0.2, 0.25) is 0 Å². The van der Waals surface area contributed by atoms with Gasteiger partial charge in [-0.25, -0.2) is 0 Å². The molecular weight excluding hydrogens is 124 g/mol. The summed E-state index contributed by atoms with van der Waals surface area (Å²) in [5, 5.41) is 8.98. The predicted molar refractivity (Wildman–Crippen MR) is 40.5 cm³/mol. The van der Waals surface area contributed by atoms with Gasteiger partial charge in [-0.2, -0.15) is 0 Å². The summed E-state index contributed by atoms with van der Waals surface area (Å²) in [6.45, 7) is 0.394. The molecule has 2 bridgehead atoms. The topological polar surface area (TPSA) is 20.2 Å². The van der Waals surface area contributed by atoms with Crippen LogP contribution in [0, 0.1) is 17.8 Å². The van der Waals surface area contributed by atoms with Crippen LogP contribution in [-0.4, -0.2) is 11.7 Å². The number of fused-ring (bicyclic) bond motifs is 2. The van der Waals surface area contributed by atoms with Crippen LogP contribution >= 0.6 is 0 Å². The fourth-order valence-electron chi connectivity index (χ4n) is 2.26. The molecule has 0 aromatic carbocycles. The van der Waals surface area contributed by atoms with Gasteiger partial charge in [-0.1, -0.05) is 12.2 Å². The van der Waals surface area contributed by atoms with E-state index in [4.69, 9.17) is 5.11 Å². The number of hydrogen-bond donors (Lipinski definition) is 1. The minimum atomic E-state index is 0.394. The monoisotopic (exact) mass is 138 g/mol. The fraction of sp³-hybridized carbons (Fsp3) is 0.778. The first-order chi connectivity index (χ1) is 4.90. The van der Waals surface area contributed by atoms with Crippen LogP contribution in [0.2, 0.25) is 0 Å². The molecule has 0 saturated heterocycles. The van der Waals surface area contributed by atoms with E-state index in [0.29, 0.717) is 18.4 Å². The molecule has 0 heterocycles. The minimum absolute atomic E-state index is 0.394. The van der Waals surface area contributed by atoms with Gasteiger partial charge < -0.3 is 5.11 Å². The molecule has 0 aromatic heterocycles. The van der Waals surface area contributed by atoms with Gasteiger partial charge in [0.05, 0.1) is 0 Å².